The van der Waals surface area contributed by atoms with Crippen LogP contribution in [0.25, 0.3) is 0 Å². The SMILES string of the molecule is Cc1cccc(C(=O)Oc2c(Br)cc(Br)cc2/C=N\NC(=O)COc2ccc([N+](=O)[O-])cc2Br)c1. The van der Waals surface area contributed by atoms with E-state index in [1.165, 1.54) is 24.4 Å². The molecule has 0 spiro atoms. The van der Waals surface area contributed by atoms with Crippen LogP contribution in [0.2, 0.25) is 0 Å². The molecule has 0 aliphatic heterocycles. The maximum atomic E-state index is 12.6. The summed E-state index contributed by atoms with van der Waals surface area (Å²) in [7, 11) is 0. The highest BCUT2D eigenvalue weighted by atomic mass is 79.9. The van der Waals surface area contributed by atoms with Crippen molar-refractivity contribution in [2.45, 2.75) is 6.92 Å². The van der Waals surface area contributed by atoms with Gasteiger partial charge in [0, 0.05) is 22.2 Å². The van der Waals surface area contributed by atoms with Gasteiger partial charge in [-0.25, -0.2) is 10.2 Å². The summed E-state index contributed by atoms with van der Waals surface area (Å²) in [4.78, 5) is 35.0. The number of hydrogen-bond donors (Lipinski definition) is 1. The van der Waals surface area contributed by atoms with Gasteiger partial charge >= 0.3 is 5.97 Å². The largest absolute Gasteiger partial charge is 0.483 e. The van der Waals surface area contributed by atoms with E-state index in [2.05, 4.69) is 58.3 Å². The van der Waals surface area contributed by atoms with Crippen LogP contribution in [0.15, 0.2) is 73.1 Å². The fraction of sp³-hybridized carbons (Fsp3) is 0.0870. The summed E-state index contributed by atoms with van der Waals surface area (Å²) < 4.78 is 12.5. The van der Waals surface area contributed by atoms with Crippen molar-refractivity contribution in [3.8, 4) is 11.5 Å². The maximum Gasteiger partial charge on any atom is 0.343 e. The minimum Gasteiger partial charge on any atom is -0.483 e. The van der Waals surface area contributed by atoms with Crippen LogP contribution in [0, 0.1) is 17.0 Å². The number of carbonyl (C=O) groups excluding carboxylic acids is 2. The smallest absolute Gasteiger partial charge is 0.343 e. The molecule has 0 aliphatic rings. The molecule has 3 rings (SSSR count). The molecule has 9 nitrogen and oxygen atoms in total. The Labute approximate surface area is 225 Å². The standard InChI is InChI=1S/C23H16Br3N3O6/c1-13-3-2-4-14(7-13)23(31)35-22-15(8-16(24)9-19(22)26)11-27-28-21(30)12-34-20-6-5-17(29(32)33)10-18(20)25/h2-11H,12H2,1H3,(H,28,30)/b27-11-. The van der Waals surface area contributed by atoms with Crippen molar-refractivity contribution in [2.75, 3.05) is 6.61 Å². The van der Waals surface area contributed by atoms with Gasteiger partial charge in [0.2, 0.25) is 0 Å². The van der Waals surface area contributed by atoms with Crippen LogP contribution in [0.3, 0.4) is 0 Å². The Kier molecular flexibility index (Phi) is 9.13. The van der Waals surface area contributed by atoms with Crippen LogP contribution >= 0.6 is 47.8 Å². The summed E-state index contributed by atoms with van der Waals surface area (Å²) in [6.45, 7) is 1.49. The average molecular weight is 670 g/mol. The Balaban J connectivity index is 1.66. The number of halogens is 3. The van der Waals surface area contributed by atoms with E-state index < -0.39 is 16.8 Å². The van der Waals surface area contributed by atoms with Crippen molar-refractivity contribution in [3.05, 3.63) is 94.8 Å². The molecule has 1 N–H and O–H groups in total. The predicted octanol–water partition coefficient (Wildman–Crippen LogP) is 5.94. The molecule has 0 aliphatic carbocycles. The van der Waals surface area contributed by atoms with Crippen LogP contribution in [0.5, 0.6) is 11.5 Å². The zero-order valence-corrected chi connectivity index (χ0v) is 22.7. The Bertz CT molecular complexity index is 1330. The third-order valence-electron chi connectivity index (χ3n) is 4.36. The second-order valence-corrected chi connectivity index (χ2v) is 9.64. The van der Waals surface area contributed by atoms with E-state index in [1.54, 1.807) is 30.3 Å². The van der Waals surface area contributed by atoms with E-state index in [4.69, 9.17) is 9.47 Å². The second-order valence-electron chi connectivity index (χ2n) is 7.02. The van der Waals surface area contributed by atoms with E-state index in [0.717, 1.165) is 5.56 Å². The van der Waals surface area contributed by atoms with Gasteiger partial charge in [-0.1, -0.05) is 33.6 Å². The molecular formula is C23H16Br3N3O6. The highest BCUT2D eigenvalue weighted by Gasteiger charge is 2.16. The van der Waals surface area contributed by atoms with E-state index >= 15 is 0 Å². The lowest BCUT2D eigenvalue weighted by Crippen LogP contribution is -2.24. The number of ether oxygens (including phenoxy) is 2. The molecule has 0 heterocycles. The molecule has 0 saturated heterocycles. The van der Waals surface area contributed by atoms with Crippen molar-refractivity contribution in [1.29, 1.82) is 0 Å². The number of esters is 1. The van der Waals surface area contributed by atoms with Gasteiger partial charge in [0.25, 0.3) is 11.6 Å². The van der Waals surface area contributed by atoms with Crippen molar-refractivity contribution in [2.24, 2.45) is 5.10 Å². The lowest BCUT2D eigenvalue weighted by atomic mass is 10.1. The molecule has 3 aromatic carbocycles. The van der Waals surface area contributed by atoms with Crippen LogP contribution in [-0.4, -0.2) is 29.6 Å². The van der Waals surface area contributed by atoms with Gasteiger partial charge in [0.05, 0.1) is 25.6 Å². The number of amides is 1. The fourth-order valence-corrected chi connectivity index (χ4v) is 4.60. The summed E-state index contributed by atoms with van der Waals surface area (Å²) in [5.74, 6) is -0.629. The summed E-state index contributed by atoms with van der Waals surface area (Å²) >= 11 is 9.93. The molecule has 35 heavy (non-hydrogen) atoms. The van der Waals surface area contributed by atoms with Crippen LogP contribution in [-0.2, 0) is 4.79 Å². The molecule has 3 aromatic rings. The number of nitrogens with zero attached hydrogens (tertiary/aromatic N) is 2. The number of nitro benzene ring substituents is 1. The van der Waals surface area contributed by atoms with Crippen molar-refractivity contribution < 1.29 is 24.0 Å². The predicted molar refractivity (Wildman–Crippen MR) is 140 cm³/mol. The molecular weight excluding hydrogens is 654 g/mol. The monoisotopic (exact) mass is 667 g/mol. The van der Waals surface area contributed by atoms with Crippen LogP contribution in [0.4, 0.5) is 5.69 Å². The number of hydrazone groups is 1. The van der Waals surface area contributed by atoms with Crippen LogP contribution in [0.1, 0.15) is 21.5 Å². The maximum absolute atomic E-state index is 12.6. The quantitative estimate of drug-likeness (QED) is 0.104. The highest BCUT2D eigenvalue weighted by Crippen LogP contribution is 2.33. The number of carbonyl (C=O) groups is 2. The number of rotatable bonds is 8. The Morgan fingerprint density at radius 2 is 1.86 bits per heavy atom. The zero-order chi connectivity index (χ0) is 25.5. The molecule has 0 fully saturated rings. The second kappa shape index (κ2) is 12.0. The molecule has 0 unspecified atom stereocenters. The van der Waals surface area contributed by atoms with Gasteiger partial charge in [-0.3, -0.25) is 14.9 Å². The number of benzene rings is 3. The van der Waals surface area contributed by atoms with E-state index in [-0.39, 0.29) is 23.8 Å². The lowest BCUT2D eigenvalue weighted by molar-refractivity contribution is -0.384. The van der Waals surface area contributed by atoms with Gasteiger partial charge in [0.1, 0.15) is 5.75 Å². The van der Waals surface area contributed by atoms with Crippen molar-refractivity contribution in [1.82, 2.24) is 5.43 Å². The normalized spacial score (nSPS) is 10.7. The van der Waals surface area contributed by atoms with Gasteiger partial charge in [0.15, 0.2) is 12.4 Å². The first-order valence-electron chi connectivity index (χ1n) is 9.80. The summed E-state index contributed by atoms with van der Waals surface area (Å²) in [5.41, 5.74) is 3.94. The Hall–Kier alpha value is -3.09. The first-order chi connectivity index (χ1) is 16.6. The molecule has 0 radical (unpaired) electrons. The molecule has 1 amide bonds. The van der Waals surface area contributed by atoms with E-state index in [9.17, 15) is 19.7 Å². The molecule has 12 heteroatoms. The number of non-ortho nitro benzene ring substituents is 1. The van der Waals surface area contributed by atoms with Gasteiger partial charge in [-0.05, 0) is 69.1 Å². The van der Waals surface area contributed by atoms with E-state index in [1.807, 2.05) is 13.0 Å². The number of hydrogen-bond acceptors (Lipinski definition) is 7. The molecule has 0 saturated carbocycles. The van der Waals surface area contributed by atoms with Crippen molar-refractivity contribution >= 4 is 71.6 Å². The average Bonchev–Trinajstić information content (AvgIpc) is 2.80. The van der Waals surface area contributed by atoms with Gasteiger partial charge in [-0.15, -0.1) is 0 Å². The topological polar surface area (TPSA) is 120 Å². The Morgan fingerprint density at radius 1 is 1.09 bits per heavy atom. The molecule has 0 bridgehead atoms. The summed E-state index contributed by atoms with van der Waals surface area (Å²) in [5, 5.41) is 14.7. The fourth-order valence-electron chi connectivity index (χ4n) is 2.78. The van der Waals surface area contributed by atoms with Crippen molar-refractivity contribution in [3.63, 3.8) is 0 Å². The van der Waals surface area contributed by atoms with E-state index in [0.29, 0.717) is 24.5 Å². The molecule has 0 atom stereocenters. The minimum absolute atomic E-state index is 0.114. The first kappa shape index (κ1) is 26.5. The number of nitro groups is 1. The third kappa shape index (κ3) is 7.44. The summed E-state index contributed by atoms with van der Waals surface area (Å²) in [6, 6.07) is 14.3. The molecule has 180 valence electrons. The van der Waals surface area contributed by atoms with Crippen LogP contribution < -0.4 is 14.9 Å². The number of nitrogens with one attached hydrogen (secondary N) is 1. The third-order valence-corrected chi connectivity index (χ3v) is 6.03. The summed E-state index contributed by atoms with van der Waals surface area (Å²) in [6.07, 6.45) is 1.33. The van der Waals surface area contributed by atoms with Gasteiger partial charge in [-0.2, -0.15) is 5.10 Å². The highest BCUT2D eigenvalue weighted by molar-refractivity contribution is 9.11. The first-order valence-corrected chi connectivity index (χ1v) is 12.2. The minimum atomic E-state index is -0.570. The Morgan fingerprint density at radius 3 is 2.54 bits per heavy atom. The molecule has 0 aromatic heterocycles. The number of aryl methyl sites for hydroxylation is 1. The van der Waals surface area contributed by atoms with Gasteiger partial charge < -0.3 is 9.47 Å². The lowest BCUT2D eigenvalue weighted by Gasteiger charge is -2.11. The zero-order valence-electron chi connectivity index (χ0n) is 18.0.